The number of rotatable bonds is 5. The average Bonchev–Trinajstić information content (AvgIpc) is 3.05. The maximum Gasteiger partial charge on any atom is 0.312 e. The summed E-state index contributed by atoms with van der Waals surface area (Å²) in [5.74, 6) is 0.961. The molecular weight excluding hydrogens is 384 g/mol. The number of methoxy groups -OCH3 is 1. The number of nitrogens with one attached hydrogen (secondary N) is 1. The fourth-order valence-corrected chi connectivity index (χ4v) is 4.59. The van der Waals surface area contributed by atoms with Gasteiger partial charge in [-0.1, -0.05) is 0 Å². The summed E-state index contributed by atoms with van der Waals surface area (Å²) in [4.78, 5) is 10.3. The standard InChI is InChI=1S/C19H18N2O6S/c1-26-19-9-7-13(11-16(19)21(22)23)28(24,25)20-12-6-8-18-15(10-12)14-4-2-3-5-17(14)27-18/h6-11,20H,2-5H2,1H3. The summed E-state index contributed by atoms with van der Waals surface area (Å²) in [7, 11) is -2.72. The summed E-state index contributed by atoms with van der Waals surface area (Å²) in [5, 5.41) is 12.1. The van der Waals surface area contributed by atoms with Crippen LogP contribution in [-0.2, 0) is 22.9 Å². The van der Waals surface area contributed by atoms with Gasteiger partial charge in [0.2, 0.25) is 0 Å². The Morgan fingerprint density at radius 2 is 1.93 bits per heavy atom. The SMILES string of the molecule is COc1ccc(S(=O)(=O)Nc2ccc3oc4c(c3c2)CCCC4)cc1[N+](=O)[O-]. The number of hydrogen-bond donors (Lipinski definition) is 1. The number of sulfonamides is 1. The minimum Gasteiger partial charge on any atom is -0.490 e. The molecule has 1 aromatic heterocycles. The van der Waals surface area contributed by atoms with Gasteiger partial charge >= 0.3 is 5.69 Å². The van der Waals surface area contributed by atoms with Gasteiger partial charge in [0.05, 0.1) is 16.9 Å². The molecule has 0 aliphatic heterocycles. The van der Waals surface area contributed by atoms with Crippen molar-refractivity contribution in [2.75, 3.05) is 11.8 Å². The number of anilines is 1. The van der Waals surface area contributed by atoms with Crippen molar-refractivity contribution in [3.63, 3.8) is 0 Å². The van der Waals surface area contributed by atoms with Gasteiger partial charge in [0, 0.05) is 29.1 Å². The highest BCUT2D eigenvalue weighted by molar-refractivity contribution is 7.92. The second-order valence-corrected chi connectivity index (χ2v) is 8.30. The van der Waals surface area contributed by atoms with Crippen LogP contribution in [-0.4, -0.2) is 20.5 Å². The third kappa shape index (κ3) is 3.18. The Morgan fingerprint density at radius 1 is 1.14 bits per heavy atom. The number of aryl methyl sites for hydroxylation is 2. The zero-order valence-corrected chi connectivity index (χ0v) is 15.9. The highest BCUT2D eigenvalue weighted by Crippen LogP contribution is 2.34. The van der Waals surface area contributed by atoms with Crippen molar-refractivity contribution in [3.05, 3.63) is 57.8 Å². The van der Waals surface area contributed by atoms with E-state index in [0.29, 0.717) is 5.69 Å². The summed E-state index contributed by atoms with van der Waals surface area (Å²) in [6, 6.07) is 8.63. The Kier molecular flexibility index (Phi) is 4.46. The van der Waals surface area contributed by atoms with Gasteiger partial charge in [-0.25, -0.2) is 8.42 Å². The van der Waals surface area contributed by atoms with Crippen molar-refractivity contribution in [3.8, 4) is 5.75 Å². The van der Waals surface area contributed by atoms with Crippen LogP contribution < -0.4 is 9.46 Å². The van der Waals surface area contributed by atoms with Crippen LogP contribution in [0.25, 0.3) is 11.0 Å². The fraction of sp³-hybridized carbons (Fsp3) is 0.263. The van der Waals surface area contributed by atoms with Gasteiger partial charge in [0.15, 0.2) is 5.75 Å². The smallest absolute Gasteiger partial charge is 0.312 e. The molecule has 2 aromatic carbocycles. The molecule has 1 aliphatic rings. The molecule has 0 saturated carbocycles. The number of fused-ring (bicyclic) bond motifs is 3. The molecule has 1 N–H and O–H groups in total. The first kappa shape index (κ1) is 18.3. The first-order valence-electron chi connectivity index (χ1n) is 8.78. The van der Waals surface area contributed by atoms with Crippen LogP contribution in [0.3, 0.4) is 0 Å². The van der Waals surface area contributed by atoms with Gasteiger partial charge in [-0.3, -0.25) is 14.8 Å². The number of nitrogens with zero attached hydrogens (tertiary/aromatic N) is 1. The number of benzene rings is 2. The normalized spacial score (nSPS) is 13.9. The maximum atomic E-state index is 12.7. The van der Waals surface area contributed by atoms with Crippen molar-refractivity contribution in [1.29, 1.82) is 0 Å². The quantitative estimate of drug-likeness (QED) is 0.509. The maximum absolute atomic E-state index is 12.7. The largest absolute Gasteiger partial charge is 0.490 e. The third-order valence-electron chi connectivity index (χ3n) is 4.86. The molecule has 0 unspecified atom stereocenters. The molecule has 0 saturated heterocycles. The Morgan fingerprint density at radius 3 is 2.68 bits per heavy atom. The van der Waals surface area contributed by atoms with Gasteiger partial charge in [-0.15, -0.1) is 0 Å². The van der Waals surface area contributed by atoms with E-state index in [1.807, 2.05) is 0 Å². The fourth-order valence-electron chi connectivity index (χ4n) is 3.52. The molecule has 0 radical (unpaired) electrons. The molecule has 0 amide bonds. The van der Waals surface area contributed by atoms with Crippen molar-refractivity contribution < 1.29 is 22.5 Å². The Bertz CT molecular complexity index is 1180. The molecule has 3 aromatic rings. The van der Waals surface area contributed by atoms with Crippen LogP contribution in [0, 0.1) is 10.1 Å². The Labute approximate surface area is 161 Å². The predicted molar refractivity (Wildman–Crippen MR) is 103 cm³/mol. The van der Waals surface area contributed by atoms with Crippen LogP contribution in [0.2, 0.25) is 0 Å². The van der Waals surface area contributed by atoms with Crippen molar-refractivity contribution in [2.45, 2.75) is 30.6 Å². The molecule has 28 heavy (non-hydrogen) atoms. The van der Waals surface area contributed by atoms with E-state index in [9.17, 15) is 18.5 Å². The summed E-state index contributed by atoms with van der Waals surface area (Å²) in [6.45, 7) is 0. The predicted octanol–water partition coefficient (Wildman–Crippen LogP) is 4.03. The van der Waals surface area contributed by atoms with Crippen LogP contribution in [0.5, 0.6) is 5.75 Å². The van der Waals surface area contributed by atoms with E-state index in [-0.39, 0.29) is 10.6 Å². The van der Waals surface area contributed by atoms with E-state index < -0.39 is 20.6 Å². The van der Waals surface area contributed by atoms with Gasteiger partial charge in [0.25, 0.3) is 10.0 Å². The van der Waals surface area contributed by atoms with Crippen molar-refractivity contribution >= 4 is 32.4 Å². The van der Waals surface area contributed by atoms with Crippen molar-refractivity contribution in [2.24, 2.45) is 0 Å². The van der Waals surface area contributed by atoms with Gasteiger partial charge in [0.1, 0.15) is 11.3 Å². The van der Waals surface area contributed by atoms with Crippen LogP contribution in [0.15, 0.2) is 45.7 Å². The Balaban J connectivity index is 1.70. The molecule has 8 nitrogen and oxygen atoms in total. The van der Waals surface area contributed by atoms with E-state index in [1.165, 1.54) is 19.2 Å². The van der Waals surface area contributed by atoms with Crippen molar-refractivity contribution in [1.82, 2.24) is 0 Å². The summed E-state index contributed by atoms with van der Waals surface area (Å²) in [5.41, 5.74) is 1.82. The lowest BCUT2D eigenvalue weighted by molar-refractivity contribution is -0.386. The zero-order valence-electron chi connectivity index (χ0n) is 15.1. The number of ether oxygens (including phenoxy) is 1. The summed E-state index contributed by atoms with van der Waals surface area (Å²) < 4.78 is 38.8. The molecule has 4 rings (SSSR count). The number of furan rings is 1. The number of nitro benzene ring substituents is 1. The monoisotopic (exact) mass is 402 g/mol. The second-order valence-electron chi connectivity index (χ2n) is 6.62. The number of nitro groups is 1. The van der Waals surface area contributed by atoms with E-state index >= 15 is 0 Å². The minimum absolute atomic E-state index is 0.00426. The summed E-state index contributed by atoms with van der Waals surface area (Å²) >= 11 is 0. The highest BCUT2D eigenvalue weighted by Gasteiger charge is 2.23. The summed E-state index contributed by atoms with van der Waals surface area (Å²) in [6.07, 6.45) is 3.96. The molecular formula is C19H18N2O6S. The minimum atomic E-state index is -4.01. The lowest BCUT2D eigenvalue weighted by Gasteiger charge is -2.10. The molecule has 0 bridgehead atoms. The van der Waals surface area contributed by atoms with E-state index in [0.717, 1.165) is 54.0 Å². The molecule has 0 atom stereocenters. The highest BCUT2D eigenvalue weighted by atomic mass is 32.2. The van der Waals surface area contributed by atoms with Gasteiger partial charge in [-0.2, -0.15) is 0 Å². The van der Waals surface area contributed by atoms with E-state index in [4.69, 9.17) is 9.15 Å². The molecule has 146 valence electrons. The molecule has 9 heteroatoms. The zero-order chi connectivity index (χ0) is 19.9. The molecule has 0 fully saturated rings. The lowest BCUT2D eigenvalue weighted by atomic mass is 9.96. The van der Waals surface area contributed by atoms with E-state index in [2.05, 4.69) is 4.72 Å². The van der Waals surface area contributed by atoms with E-state index in [1.54, 1.807) is 18.2 Å². The Hall–Kier alpha value is -3.07. The first-order valence-corrected chi connectivity index (χ1v) is 10.3. The molecule has 1 aliphatic carbocycles. The average molecular weight is 402 g/mol. The van der Waals surface area contributed by atoms with Crippen LogP contribution in [0.4, 0.5) is 11.4 Å². The van der Waals surface area contributed by atoms with Gasteiger partial charge < -0.3 is 9.15 Å². The second kappa shape index (κ2) is 6.83. The lowest BCUT2D eigenvalue weighted by Crippen LogP contribution is -2.13. The first-order chi connectivity index (χ1) is 13.4. The molecule has 0 spiro atoms. The van der Waals surface area contributed by atoms with Crippen LogP contribution >= 0.6 is 0 Å². The topological polar surface area (TPSA) is 112 Å². The van der Waals surface area contributed by atoms with Crippen LogP contribution in [0.1, 0.15) is 24.2 Å². The third-order valence-corrected chi connectivity index (χ3v) is 6.24. The van der Waals surface area contributed by atoms with Gasteiger partial charge in [-0.05, 0) is 49.6 Å². The molecule has 1 heterocycles. The number of hydrogen-bond acceptors (Lipinski definition) is 6.